The van der Waals surface area contributed by atoms with Crippen LogP contribution < -0.4 is 4.72 Å². The molecule has 0 amide bonds. The van der Waals surface area contributed by atoms with Gasteiger partial charge in [-0.05, 0) is 23.1 Å². The summed E-state index contributed by atoms with van der Waals surface area (Å²) in [6.45, 7) is 0. The molecule has 0 heterocycles. The Hall–Kier alpha value is -2.59. The fraction of sp³-hybridized carbons (Fsp3) is 0. The van der Waals surface area contributed by atoms with Crippen molar-refractivity contribution in [3.8, 4) is 0 Å². The third kappa shape index (κ3) is 3.35. The molecule has 0 bridgehead atoms. The first-order valence-corrected chi connectivity index (χ1v) is 8.42. The van der Waals surface area contributed by atoms with Crippen molar-refractivity contribution in [2.45, 2.75) is 0 Å². The van der Waals surface area contributed by atoms with Gasteiger partial charge in [-0.1, -0.05) is 66.7 Å². The molecule has 110 valence electrons. The van der Waals surface area contributed by atoms with Gasteiger partial charge in [0.1, 0.15) is 0 Å². The number of nitrogens with one attached hydrogen (secondary N) is 1. The number of anilines is 1. The van der Waals surface area contributed by atoms with Crippen molar-refractivity contribution >= 4 is 32.6 Å². The Kier molecular flexibility index (Phi) is 3.94. The molecule has 0 aromatic heterocycles. The molecule has 0 unspecified atom stereocenters. The number of sulfonamides is 1. The van der Waals surface area contributed by atoms with Gasteiger partial charge in [0.05, 0.1) is 11.1 Å². The van der Waals surface area contributed by atoms with Crippen molar-refractivity contribution < 1.29 is 8.42 Å². The predicted molar refractivity (Wildman–Crippen MR) is 92.0 cm³/mol. The smallest absolute Gasteiger partial charge is 0.255 e. The highest BCUT2D eigenvalue weighted by Crippen LogP contribution is 2.24. The maximum atomic E-state index is 12.2. The number of benzene rings is 3. The highest BCUT2D eigenvalue weighted by molar-refractivity contribution is 7.95. The van der Waals surface area contributed by atoms with E-state index < -0.39 is 10.0 Å². The molecule has 0 aliphatic carbocycles. The molecule has 3 rings (SSSR count). The first-order chi connectivity index (χ1) is 10.6. The molecule has 3 aromatic carbocycles. The Balaban J connectivity index is 1.89. The normalized spacial score (nSPS) is 11.8. The summed E-state index contributed by atoms with van der Waals surface area (Å²) >= 11 is 0. The topological polar surface area (TPSA) is 46.2 Å². The quantitative estimate of drug-likeness (QED) is 0.783. The van der Waals surface area contributed by atoms with E-state index in [0.29, 0.717) is 5.69 Å². The summed E-state index contributed by atoms with van der Waals surface area (Å²) in [6.07, 6.45) is 1.58. The molecule has 0 saturated carbocycles. The van der Waals surface area contributed by atoms with Crippen LogP contribution in [0.25, 0.3) is 16.8 Å². The molecule has 0 saturated heterocycles. The largest absolute Gasteiger partial charge is 0.279 e. The summed E-state index contributed by atoms with van der Waals surface area (Å²) in [5.74, 6) is 0. The van der Waals surface area contributed by atoms with Gasteiger partial charge in [0.2, 0.25) is 0 Å². The van der Waals surface area contributed by atoms with Gasteiger partial charge in [-0.3, -0.25) is 4.72 Å². The van der Waals surface area contributed by atoms with Crippen LogP contribution in [0, 0.1) is 0 Å². The first kappa shape index (κ1) is 14.4. The van der Waals surface area contributed by atoms with Crippen molar-refractivity contribution in [2.24, 2.45) is 0 Å². The zero-order chi connectivity index (χ0) is 15.4. The van der Waals surface area contributed by atoms with Crippen LogP contribution in [0.1, 0.15) is 5.56 Å². The molecular formula is C18H15NO2S. The molecule has 3 nitrogen and oxygen atoms in total. The van der Waals surface area contributed by atoms with E-state index in [4.69, 9.17) is 0 Å². The molecule has 0 aliphatic heterocycles. The van der Waals surface area contributed by atoms with E-state index in [1.165, 1.54) is 5.41 Å². The molecule has 0 spiro atoms. The average molecular weight is 309 g/mol. The van der Waals surface area contributed by atoms with Gasteiger partial charge < -0.3 is 0 Å². The zero-order valence-electron chi connectivity index (χ0n) is 11.8. The third-order valence-corrected chi connectivity index (χ3v) is 4.28. The highest BCUT2D eigenvalue weighted by Gasteiger charge is 2.08. The van der Waals surface area contributed by atoms with Gasteiger partial charge in [-0.25, -0.2) is 8.42 Å². The maximum absolute atomic E-state index is 12.2. The summed E-state index contributed by atoms with van der Waals surface area (Å²) in [5.41, 5.74) is 1.42. The molecular weight excluding hydrogens is 294 g/mol. The van der Waals surface area contributed by atoms with Crippen LogP contribution in [0.15, 0.2) is 78.2 Å². The molecule has 4 heteroatoms. The van der Waals surface area contributed by atoms with E-state index >= 15 is 0 Å². The van der Waals surface area contributed by atoms with Gasteiger partial charge in [-0.2, -0.15) is 0 Å². The van der Waals surface area contributed by atoms with Gasteiger partial charge in [-0.15, -0.1) is 0 Å². The van der Waals surface area contributed by atoms with Crippen molar-refractivity contribution in [2.75, 3.05) is 4.72 Å². The monoisotopic (exact) mass is 309 g/mol. The second-order valence-corrected chi connectivity index (χ2v) is 6.45. The lowest BCUT2D eigenvalue weighted by Crippen LogP contribution is -2.09. The minimum absolute atomic E-state index is 0.579. The lowest BCUT2D eigenvalue weighted by Gasteiger charge is -2.08. The van der Waals surface area contributed by atoms with Crippen LogP contribution in [-0.4, -0.2) is 8.42 Å². The fourth-order valence-corrected chi connectivity index (χ4v) is 3.12. The standard InChI is InChI=1S/C18H15NO2S/c20-22(21,14-13-15-7-2-1-3-8-15)19-18-12-6-10-16-9-4-5-11-17(16)18/h1-14,19H. The Morgan fingerprint density at radius 2 is 1.45 bits per heavy atom. The van der Waals surface area contributed by atoms with Gasteiger partial charge in [0.15, 0.2) is 0 Å². The Bertz CT molecular complexity index is 911. The lowest BCUT2D eigenvalue weighted by molar-refractivity contribution is 0.609. The van der Waals surface area contributed by atoms with Crippen LogP contribution in [0.2, 0.25) is 0 Å². The van der Waals surface area contributed by atoms with Gasteiger partial charge in [0, 0.05) is 5.39 Å². The van der Waals surface area contributed by atoms with E-state index in [9.17, 15) is 8.42 Å². The Labute approximate surface area is 130 Å². The third-order valence-electron chi connectivity index (χ3n) is 3.28. The number of rotatable bonds is 4. The van der Waals surface area contributed by atoms with E-state index in [1.54, 1.807) is 12.1 Å². The SMILES string of the molecule is O=S(=O)(C=Cc1ccccc1)Nc1cccc2ccccc12. The van der Waals surface area contributed by atoms with Crippen LogP contribution in [0.5, 0.6) is 0 Å². The summed E-state index contributed by atoms with van der Waals surface area (Å²) in [5, 5.41) is 3.06. The van der Waals surface area contributed by atoms with Crippen molar-refractivity contribution in [3.63, 3.8) is 0 Å². The number of hydrogen-bond donors (Lipinski definition) is 1. The van der Waals surface area contributed by atoms with Gasteiger partial charge >= 0.3 is 0 Å². The molecule has 0 atom stereocenters. The molecule has 0 radical (unpaired) electrons. The summed E-state index contributed by atoms with van der Waals surface area (Å²) in [4.78, 5) is 0. The van der Waals surface area contributed by atoms with E-state index in [0.717, 1.165) is 16.3 Å². The summed E-state index contributed by atoms with van der Waals surface area (Å²) < 4.78 is 27.1. The van der Waals surface area contributed by atoms with Crippen molar-refractivity contribution in [1.82, 2.24) is 0 Å². The summed E-state index contributed by atoms with van der Waals surface area (Å²) in [6, 6.07) is 22.5. The van der Waals surface area contributed by atoms with Gasteiger partial charge in [0.25, 0.3) is 10.0 Å². The van der Waals surface area contributed by atoms with Crippen LogP contribution in [0.3, 0.4) is 0 Å². The summed E-state index contributed by atoms with van der Waals surface area (Å²) in [7, 11) is -3.55. The minimum Gasteiger partial charge on any atom is -0.279 e. The fourth-order valence-electron chi connectivity index (χ4n) is 2.23. The number of hydrogen-bond acceptors (Lipinski definition) is 2. The predicted octanol–water partition coefficient (Wildman–Crippen LogP) is 4.25. The van der Waals surface area contributed by atoms with Crippen LogP contribution >= 0.6 is 0 Å². The molecule has 0 aliphatic rings. The second-order valence-electron chi connectivity index (χ2n) is 4.89. The van der Waals surface area contributed by atoms with E-state index in [1.807, 2.05) is 66.7 Å². The molecule has 0 fully saturated rings. The Morgan fingerprint density at radius 3 is 2.27 bits per heavy atom. The zero-order valence-corrected chi connectivity index (χ0v) is 12.6. The van der Waals surface area contributed by atoms with Crippen LogP contribution in [0.4, 0.5) is 5.69 Å². The molecule has 3 aromatic rings. The highest BCUT2D eigenvalue weighted by atomic mass is 32.2. The maximum Gasteiger partial charge on any atom is 0.255 e. The minimum atomic E-state index is -3.55. The molecule has 22 heavy (non-hydrogen) atoms. The van der Waals surface area contributed by atoms with E-state index in [-0.39, 0.29) is 0 Å². The molecule has 1 N–H and O–H groups in total. The lowest BCUT2D eigenvalue weighted by atomic mass is 10.1. The van der Waals surface area contributed by atoms with Crippen LogP contribution in [-0.2, 0) is 10.0 Å². The van der Waals surface area contributed by atoms with E-state index in [2.05, 4.69) is 4.72 Å². The van der Waals surface area contributed by atoms with Crippen molar-refractivity contribution in [1.29, 1.82) is 0 Å². The second kappa shape index (κ2) is 6.03. The van der Waals surface area contributed by atoms with Crippen molar-refractivity contribution in [3.05, 3.63) is 83.8 Å². The average Bonchev–Trinajstić information content (AvgIpc) is 2.54. The first-order valence-electron chi connectivity index (χ1n) is 6.88. The number of fused-ring (bicyclic) bond motifs is 1. The Morgan fingerprint density at radius 1 is 0.773 bits per heavy atom.